The summed E-state index contributed by atoms with van der Waals surface area (Å²) in [5, 5.41) is 9.14. The second-order valence-electron chi connectivity index (χ2n) is 4.94. The Bertz CT molecular complexity index is 645. The zero-order chi connectivity index (χ0) is 14.4. The molecule has 0 saturated carbocycles. The minimum Gasteiger partial charge on any atom is -0.271 e. The van der Waals surface area contributed by atoms with Crippen LogP contribution in [0.15, 0.2) is 33.6 Å². The third kappa shape index (κ3) is 2.21. The average molecular weight is 357 g/mol. The molecule has 0 amide bonds. The van der Waals surface area contributed by atoms with Gasteiger partial charge >= 0.3 is 0 Å². The van der Waals surface area contributed by atoms with Crippen LogP contribution in [0.5, 0.6) is 0 Å². The van der Waals surface area contributed by atoms with Gasteiger partial charge in [-0.25, -0.2) is 10.0 Å². The summed E-state index contributed by atoms with van der Waals surface area (Å²) in [6, 6.07) is 2.30. The molecule has 3 heterocycles. The number of aromatic nitrogens is 2. The highest BCUT2D eigenvalue weighted by Crippen LogP contribution is 2.37. The van der Waals surface area contributed by atoms with Crippen molar-refractivity contribution in [1.29, 1.82) is 0 Å². The van der Waals surface area contributed by atoms with Gasteiger partial charge in [0.15, 0.2) is 5.82 Å². The van der Waals surface area contributed by atoms with Crippen LogP contribution in [-0.4, -0.2) is 31.0 Å². The lowest BCUT2D eigenvalue weighted by atomic mass is 10.3. The molecule has 0 bridgehead atoms. The highest BCUT2D eigenvalue weighted by atomic mass is 79.9. The Morgan fingerprint density at radius 2 is 2.20 bits per heavy atom. The molecule has 1 unspecified atom stereocenters. The minimum atomic E-state index is 0.205. The molecule has 3 rings (SSSR count). The summed E-state index contributed by atoms with van der Waals surface area (Å²) in [6.45, 7) is 4.89. The number of aryl methyl sites for hydroxylation is 2. The van der Waals surface area contributed by atoms with Gasteiger partial charge in [-0.3, -0.25) is 9.69 Å². The van der Waals surface area contributed by atoms with Crippen molar-refractivity contribution in [3.8, 4) is 0 Å². The van der Waals surface area contributed by atoms with Crippen molar-refractivity contribution in [3.05, 3.63) is 40.0 Å². The quantitative estimate of drug-likeness (QED) is 0.817. The third-order valence-electron chi connectivity index (χ3n) is 3.51. The monoisotopic (exact) mass is 355 g/mol. The van der Waals surface area contributed by atoms with E-state index in [-0.39, 0.29) is 6.04 Å². The number of hydrogen-bond acceptors (Lipinski definition) is 4. The average Bonchev–Trinajstić information content (AvgIpc) is 2.83. The molecule has 1 atom stereocenters. The lowest BCUT2D eigenvalue weighted by Gasteiger charge is -2.31. The van der Waals surface area contributed by atoms with E-state index in [9.17, 15) is 0 Å². The second kappa shape index (κ2) is 5.02. The predicted molar refractivity (Wildman–Crippen MR) is 83.2 cm³/mol. The van der Waals surface area contributed by atoms with E-state index in [1.54, 1.807) is 6.08 Å². The maximum absolute atomic E-state index is 5.98. The molecule has 0 spiro atoms. The fourth-order valence-corrected chi connectivity index (χ4v) is 3.10. The van der Waals surface area contributed by atoms with Crippen LogP contribution < -0.4 is 0 Å². The Kier molecular flexibility index (Phi) is 3.48. The number of aliphatic imine (C=N–C) groups is 1. The molecule has 0 aromatic carbocycles. The largest absolute Gasteiger partial charge is 0.271 e. The number of rotatable bonds is 2. The van der Waals surface area contributed by atoms with Crippen LogP contribution in [0.25, 0.3) is 0 Å². The van der Waals surface area contributed by atoms with Crippen LogP contribution in [0.4, 0.5) is 0 Å². The smallest absolute Gasteiger partial charge is 0.160 e. The number of hydrogen-bond donors (Lipinski definition) is 0. The molecule has 20 heavy (non-hydrogen) atoms. The summed E-state index contributed by atoms with van der Waals surface area (Å²) in [5.74, 6) is 0.851. The predicted octanol–water partition coefficient (Wildman–Crippen LogP) is 2.88. The molecule has 1 aromatic rings. The summed E-state index contributed by atoms with van der Waals surface area (Å²) in [7, 11) is 1.97. The van der Waals surface area contributed by atoms with E-state index in [4.69, 9.17) is 11.6 Å². The van der Waals surface area contributed by atoms with Crippen LogP contribution >= 0.6 is 27.5 Å². The maximum Gasteiger partial charge on any atom is 0.160 e. The molecule has 0 saturated heterocycles. The fraction of sp³-hybridized carbons (Fsp3) is 0.385. The van der Waals surface area contributed by atoms with E-state index >= 15 is 0 Å². The molecular formula is C13H15BrClN5. The minimum absolute atomic E-state index is 0.205. The molecule has 0 fully saturated rings. The molecule has 5 nitrogen and oxygen atoms in total. The normalized spacial score (nSPS) is 22.6. The third-order valence-corrected chi connectivity index (χ3v) is 4.74. The Morgan fingerprint density at radius 3 is 2.85 bits per heavy atom. The number of hydrazine groups is 1. The van der Waals surface area contributed by atoms with Gasteiger partial charge in [-0.2, -0.15) is 5.10 Å². The summed E-state index contributed by atoms with van der Waals surface area (Å²) < 4.78 is 2.96. The molecule has 0 N–H and O–H groups in total. The number of allylic oxidation sites excluding steroid dienone is 1. The summed E-state index contributed by atoms with van der Waals surface area (Å²) >= 11 is 9.61. The number of fused-ring (bicyclic) bond motifs is 1. The molecule has 0 radical (unpaired) electrons. The summed E-state index contributed by atoms with van der Waals surface area (Å²) in [6.07, 6.45) is 3.74. The Balaban J connectivity index is 1.90. The van der Waals surface area contributed by atoms with E-state index in [1.165, 1.54) is 0 Å². The van der Waals surface area contributed by atoms with Gasteiger partial charge in [-0.05, 0) is 41.9 Å². The first-order chi connectivity index (χ1) is 9.47. The van der Waals surface area contributed by atoms with Gasteiger partial charge in [-0.15, -0.1) is 0 Å². The van der Waals surface area contributed by atoms with Crippen molar-refractivity contribution in [3.63, 3.8) is 0 Å². The van der Waals surface area contributed by atoms with Gasteiger partial charge < -0.3 is 0 Å². The van der Waals surface area contributed by atoms with E-state index < -0.39 is 0 Å². The molecule has 7 heteroatoms. The first kappa shape index (κ1) is 13.9. The summed E-state index contributed by atoms with van der Waals surface area (Å²) in [5.41, 5.74) is 2.18. The van der Waals surface area contributed by atoms with Gasteiger partial charge in [-0.1, -0.05) is 11.6 Å². The lowest BCUT2D eigenvalue weighted by molar-refractivity contribution is 0.0429. The van der Waals surface area contributed by atoms with Crippen molar-refractivity contribution in [2.24, 2.45) is 12.0 Å². The van der Waals surface area contributed by atoms with Crippen molar-refractivity contribution >= 4 is 32.7 Å². The van der Waals surface area contributed by atoms with Crippen LogP contribution in [0.1, 0.15) is 18.3 Å². The van der Waals surface area contributed by atoms with Crippen LogP contribution in [-0.2, 0) is 13.6 Å². The Hall–Kier alpha value is -1.11. The first-order valence-corrected chi connectivity index (χ1v) is 7.52. The topological polar surface area (TPSA) is 36.7 Å². The molecule has 0 aliphatic carbocycles. The van der Waals surface area contributed by atoms with Gasteiger partial charge in [0.25, 0.3) is 0 Å². The molecular weight excluding hydrogens is 342 g/mol. The van der Waals surface area contributed by atoms with Crippen molar-refractivity contribution < 1.29 is 0 Å². The highest BCUT2D eigenvalue weighted by molar-refractivity contribution is 9.11. The van der Waals surface area contributed by atoms with Crippen molar-refractivity contribution in [2.75, 3.05) is 0 Å². The van der Waals surface area contributed by atoms with E-state index in [1.807, 2.05) is 29.9 Å². The van der Waals surface area contributed by atoms with Crippen molar-refractivity contribution in [2.45, 2.75) is 26.4 Å². The van der Waals surface area contributed by atoms with E-state index in [0.717, 1.165) is 28.2 Å². The van der Waals surface area contributed by atoms with Gasteiger partial charge in [0, 0.05) is 13.2 Å². The Labute approximate surface area is 131 Å². The maximum atomic E-state index is 5.98. The number of halogens is 2. The molecule has 2 aliphatic heterocycles. The first-order valence-electron chi connectivity index (χ1n) is 6.34. The SMILES string of the molecule is Cc1cc(CN2C(C)C(Br)=C3N=C(Cl)C=CN32)n(C)n1. The molecule has 106 valence electrons. The van der Waals surface area contributed by atoms with E-state index in [2.05, 4.69) is 44.0 Å². The number of nitrogens with zero attached hydrogens (tertiary/aromatic N) is 5. The van der Waals surface area contributed by atoms with Crippen LogP contribution in [0.3, 0.4) is 0 Å². The lowest BCUT2D eigenvalue weighted by Crippen LogP contribution is -2.38. The zero-order valence-corrected chi connectivity index (χ0v) is 13.9. The molecule has 2 aliphatic rings. The van der Waals surface area contributed by atoms with Crippen LogP contribution in [0.2, 0.25) is 0 Å². The zero-order valence-electron chi connectivity index (χ0n) is 11.5. The second-order valence-corrected chi connectivity index (χ2v) is 6.18. The summed E-state index contributed by atoms with van der Waals surface area (Å²) in [4.78, 5) is 4.39. The van der Waals surface area contributed by atoms with Gasteiger partial charge in [0.2, 0.25) is 0 Å². The van der Waals surface area contributed by atoms with Gasteiger partial charge in [0.05, 0.1) is 28.5 Å². The highest BCUT2D eigenvalue weighted by Gasteiger charge is 2.35. The Morgan fingerprint density at radius 1 is 1.45 bits per heavy atom. The van der Waals surface area contributed by atoms with E-state index in [0.29, 0.717) is 5.17 Å². The fourth-order valence-electron chi connectivity index (χ4n) is 2.46. The standard InChI is InChI=1S/C13H15BrClN5/c1-8-6-10(18(3)17-8)7-20-9(2)12(14)13-16-11(15)4-5-19(13)20/h4-6,9H,7H2,1-3H3. The van der Waals surface area contributed by atoms with Crippen LogP contribution in [0, 0.1) is 6.92 Å². The van der Waals surface area contributed by atoms with Crippen molar-refractivity contribution in [1.82, 2.24) is 19.8 Å². The van der Waals surface area contributed by atoms with Gasteiger partial charge in [0.1, 0.15) is 5.17 Å². The molecule has 1 aromatic heterocycles.